The number of methoxy groups -OCH3 is 1. The number of ether oxygens (including phenoxy) is 2. The summed E-state index contributed by atoms with van der Waals surface area (Å²) < 4.78 is 11.1. The average Bonchev–Trinajstić information content (AvgIpc) is 2.53. The van der Waals surface area contributed by atoms with Gasteiger partial charge >= 0.3 is 0 Å². The van der Waals surface area contributed by atoms with E-state index in [1.54, 1.807) is 7.11 Å². The van der Waals surface area contributed by atoms with Crippen LogP contribution in [0, 0.1) is 0 Å². The molecule has 0 bridgehead atoms. The second kappa shape index (κ2) is 9.30. The van der Waals surface area contributed by atoms with E-state index in [0.29, 0.717) is 18.8 Å². The summed E-state index contributed by atoms with van der Waals surface area (Å²) >= 11 is 0. The first-order chi connectivity index (χ1) is 10.2. The molecule has 0 aliphatic heterocycles. The molecule has 0 fully saturated rings. The van der Waals surface area contributed by atoms with Crippen LogP contribution in [0.2, 0.25) is 0 Å². The molecule has 2 aromatic rings. The first kappa shape index (κ1) is 18.3. The van der Waals surface area contributed by atoms with E-state index in [2.05, 4.69) is 0 Å². The zero-order chi connectivity index (χ0) is 15.1. The summed E-state index contributed by atoms with van der Waals surface area (Å²) in [5, 5.41) is 8.98. The zero-order valence-electron chi connectivity index (χ0n) is 12.6. The third-order valence-corrected chi connectivity index (χ3v) is 3.29. The van der Waals surface area contributed by atoms with Crippen LogP contribution in [-0.2, 0) is 6.61 Å². The van der Waals surface area contributed by atoms with E-state index in [0.717, 1.165) is 16.9 Å². The number of hydrogen-bond donors (Lipinski definition) is 2. The molecule has 0 amide bonds. The summed E-state index contributed by atoms with van der Waals surface area (Å²) in [6.07, 6.45) is 0.501. The number of halogens is 1. The lowest BCUT2D eigenvalue weighted by Gasteiger charge is -2.16. The van der Waals surface area contributed by atoms with Gasteiger partial charge in [0.25, 0.3) is 0 Å². The molecule has 0 saturated heterocycles. The van der Waals surface area contributed by atoms with Crippen LogP contribution in [0.3, 0.4) is 0 Å². The largest absolute Gasteiger partial charge is 0.496 e. The van der Waals surface area contributed by atoms with Crippen LogP contribution >= 0.6 is 12.4 Å². The van der Waals surface area contributed by atoms with Gasteiger partial charge < -0.3 is 20.3 Å². The quantitative estimate of drug-likeness (QED) is 0.822. The summed E-state index contributed by atoms with van der Waals surface area (Å²) in [6.45, 7) is 0.558. The summed E-state index contributed by atoms with van der Waals surface area (Å²) in [5.74, 6) is 1.41. The van der Waals surface area contributed by atoms with Crippen molar-refractivity contribution in [3.8, 4) is 11.5 Å². The molecule has 22 heavy (non-hydrogen) atoms. The Balaban J connectivity index is 0.00000242. The maximum absolute atomic E-state index is 8.98. The molecule has 5 heteroatoms. The van der Waals surface area contributed by atoms with Crippen molar-refractivity contribution < 1.29 is 14.6 Å². The Morgan fingerprint density at radius 2 is 1.86 bits per heavy atom. The Labute approximate surface area is 137 Å². The van der Waals surface area contributed by atoms with Crippen LogP contribution in [0.5, 0.6) is 11.5 Å². The van der Waals surface area contributed by atoms with E-state index < -0.39 is 0 Å². The molecule has 0 aromatic heterocycles. The lowest BCUT2D eigenvalue weighted by molar-refractivity contribution is 0.274. The number of nitrogens with two attached hydrogens (primary N) is 1. The third kappa shape index (κ3) is 4.91. The van der Waals surface area contributed by atoms with Crippen molar-refractivity contribution in [2.45, 2.75) is 19.1 Å². The van der Waals surface area contributed by atoms with Crippen LogP contribution < -0.4 is 15.2 Å². The maximum atomic E-state index is 8.98. The summed E-state index contributed by atoms with van der Waals surface area (Å²) in [4.78, 5) is 0. The van der Waals surface area contributed by atoms with Crippen LogP contribution in [-0.4, -0.2) is 18.8 Å². The van der Waals surface area contributed by atoms with Gasteiger partial charge in [0.1, 0.15) is 18.1 Å². The molecule has 1 unspecified atom stereocenters. The highest BCUT2D eigenvalue weighted by Gasteiger charge is 2.12. The Hall–Kier alpha value is -1.75. The molecule has 0 aliphatic carbocycles. The summed E-state index contributed by atoms with van der Waals surface area (Å²) in [6, 6.07) is 15.3. The lowest BCUT2D eigenvalue weighted by Crippen LogP contribution is -2.13. The first-order valence-corrected chi connectivity index (χ1v) is 6.95. The SMILES string of the molecule is COc1cc(OCc2ccccc2)ccc1C(N)CCO.Cl. The fraction of sp³-hybridized carbons (Fsp3) is 0.294. The van der Waals surface area contributed by atoms with Gasteiger partial charge in [0.2, 0.25) is 0 Å². The molecule has 1 atom stereocenters. The highest BCUT2D eigenvalue weighted by atomic mass is 35.5. The maximum Gasteiger partial charge on any atom is 0.127 e. The van der Waals surface area contributed by atoms with E-state index >= 15 is 0 Å². The molecule has 0 spiro atoms. The number of benzene rings is 2. The predicted octanol–water partition coefficient (Wildman–Crippen LogP) is 3.08. The Morgan fingerprint density at radius 3 is 2.50 bits per heavy atom. The fourth-order valence-electron chi connectivity index (χ4n) is 2.12. The Bertz CT molecular complexity index is 563. The lowest BCUT2D eigenvalue weighted by atomic mass is 10.0. The van der Waals surface area contributed by atoms with Gasteiger partial charge in [-0.2, -0.15) is 0 Å². The molecule has 2 aromatic carbocycles. The monoisotopic (exact) mass is 323 g/mol. The molecule has 0 aliphatic rings. The van der Waals surface area contributed by atoms with Crippen molar-refractivity contribution in [2.24, 2.45) is 5.73 Å². The molecular formula is C17H22ClNO3. The number of rotatable bonds is 7. The number of aliphatic hydroxyl groups excluding tert-OH is 1. The second-order valence-electron chi connectivity index (χ2n) is 4.80. The average molecular weight is 324 g/mol. The second-order valence-corrected chi connectivity index (χ2v) is 4.80. The van der Waals surface area contributed by atoms with Gasteiger partial charge in [-0.3, -0.25) is 0 Å². The minimum atomic E-state index is -0.242. The molecule has 3 N–H and O–H groups in total. The van der Waals surface area contributed by atoms with Gasteiger partial charge in [0, 0.05) is 24.3 Å². The molecule has 2 rings (SSSR count). The van der Waals surface area contributed by atoms with Gasteiger partial charge in [0.05, 0.1) is 7.11 Å². The third-order valence-electron chi connectivity index (χ3n) is 3.29. The van der Waals surface area contributed by atoms with E-state index in [-0.39, 0.29) is 25.1 Å². The van der Waals surface area contributed by atoms with Crippen LogP contribution in [0.4, 0.5) is 0 Å². The van der Waals surface area contributed by atoms with E-state index in [1.807, 2.05) is 48.5 Å². The zero-order valence-corrected chi connectivity index (χ0v) is 13.4. The molecule has 4 nitrogen and oxygen atoms in total. The summed E-state index contributed by atoms with van der Waals surface area (Å²) in [7, 11) is 1.60. The van der Waals surface area contributed by atoms with E-state index in [9.17, 15) is 0 Å². The summed E-state index contributed by atoms with van der Waals surface area (Å²) in [5.41, 5.74) is 8.00. The normalized spacial score (nSPS) is 11.4. The van der Waals surface area contributed by atoms with Gasteiger partial charge in [-0.05, 0) is 18.1 Å². The van der Waals surface area contributed by atoms with Crippen molar-refractivity contribution in [1.29, 1.82) is 0 Å². The Kier molecular flexibility index (Phi) is 7.74. The van der Waals surface area contributed by atoms with Crippen molar-refractivity contribution in [2.75, 3.05) is 13.7 Å². The number of hydrogen-bond acceptors (Lipinski definition) is 4. The van der Waals surface area contributed by atoms with Gasteiger partial charge in [0.15, 0.2) is 0 Å². The highest BCUT2D eigenvalue weighted by molar-refractivity contribution is 5.85. The molecule has 0 radical (unpaired) electrons. The van der Waals surface area contributed by atoms with Crippen LogP contribution in [0.1, 0.15) is 23.6 Å². The molecule has 0 heterocycles. The minimum absolute atomic E-state index is 0. The van der Waals surface area contributed by atoms with Crippen LogP contribution in [0.15, 0.2) is 48.5 Å². The molecule has 0 saturated carbocycles. The van der Waals surface area contributed by atoms with Gasteiger partial charge in [-0.1, -0.05) is 36.4 Å². The van der Waals surface area contributed by atoms with E-state index in [1.165, 1.54) is 0 Å². The molecule has 120 valence electrons. The van der Waals surface area contributed by atoms with Gasteiger partial charge in [-0.25, -0.2) is 0 Å². The smallest absolute Gasteiger partial charge is 0.127 e. The van der Waals surface area contributed by atoms with Crippen molar-refractivity contribution >= 4 is 12.4 Å². The van der Waals surface area contributed by atoms with Crippen molar-refractivity contribution in [1.82, 2.24) is 0 Å². The van der Waals surface area contributed by atoms with Gasteiger partial charge in [-0.15, -0.1) is 12.4 Å². The van der Waals surface area contributed by atoms with E-state index in [4.69, 9.17) is 20.3 Å². The predicted molar refractivity (Wildman–Crippen MR) is 89.6 cm³/mol. The first-order valence-electron chi connectivity index (χ1n) is 6.95. The minimum Gasteiger partial charge on any atom is -0.496 e. The number of aliphatic hydroxyl groups is 1. The Morgan fingerprint density at radius 1 is 1.14 bits per heavy atom. The fourth-order valence-corrected chi connectivity index (χ4v) is 2.12. The topological polar surface area (TPSA) is 64.7 Å². The standard InChI is InChI=1S/C17H21NO3.ClH/c1-20-17-11-14(7-8-15(17)16(18)9-10-19)21-12-13-5-3-2-4-6-13;/h2-8,11,16,19H,9-10,12,18H2,1H3;1H. The van der Waals surface area contributed by atoms with Crippen molar-refractivity contribution in [3.63, 3.8) is 0 Å². The highest BCUT2D eigenvalue weighted by Crippen LogP contribution is 2.30. The molecular weight excluding hydrogens is 302 g/mol. The van der Waals surface area contributed by atoms with Crippen LogP contribution in [0.25, 0.3) is 0 Å². The van der Waals surface area contributed by atoms with Crippen molar-refractivity contribution in [3.05, 3.63) is 59.7 Å².